The first-order chi connectivity index (χ1) is 6.67. The lowest BCUT2D eigenvalue weighted by molar-refractivity contribution is -0.141. The number of carbonyl (C=O) groups excluding carboxylic acids is 2. The van der Waals surface area contributed by atoms with Crippen LogP contribution in [-0.4, -0.2) is 38.7 Å². The maximum atomic E-state index is 11.1. The third-order valence-electron chi connectivity index (χ3n) is 2.36. The second-order valence-corrected chi connectivity index (χ2v) is 3.37. The second kappa shape index (κ2) is 4.95. The molecule has 0 bridgehead atoms. The largest absolute Gasteiger partial charge is 0.469 e. The van der Waals surface area contributed by atoms with Crippen LogP contribution >= 0.6 is 0 Å². The Hall–Kier alpha value is -1.10. The summed E-state index contributed by atoms with van der Waals surface area (Å²) in [6, 6.07) is -0.144. The van der Waals surface area contributed by atoms with Crippen molar-refractivity contribution in [3.05, 3.63) is 0 Å². The van der Waals surface area contributed by atoms with Crippen LogP contribution in [0.2, 0.25) is 0 Å². The van der Waals surface area contributed by atoms with Crippen molar-refractivity contribution >= 4 is 11.9 Å². The van der Waals surface area contributed by atoms with E-state index in [2.05, 4.69) is 10.1 Å². The summed E-state index contributed by atoms with van der Waals surface area (Å²) in [5, 5.41) is 2.73. The minimum atomic E-state index is -0.307. The van der Waals surface area contributed by atoms with Crippen molar-refractivity contribution in [2.45, 2.75) is 18.9 Å². The molecule has 5 nitrogen and oxygen atoms in total. The lowest BCUT2D eigenvalue weighted by Gasteiger charge is -2.16. The molecular formula is C9H15NO4. The molecule has 14 heavy (non-hydrogen) atoms. The van der Waals surface area contributed by atoms with Crippen LogP contribution in [0.3, 0.4) is 0 Å². The lowest BCUT2D eigenvalue weighted by atomic mass is 9.99. The Balaban J connectivity index is 2.48. The first kappa shape index (κ1) is 11.0. The van der Waals surface area contributed by atoms with E-state index in [1.165, 1.54) is 7.11 Å². The Morgan fingerprint density at radius 3 is 2.86 bits per heavy atom. The summed E-state index contributed by atoms with van der Waals surface area (Å²) < 4.78 is 9.52. The molecule has 0 aliphatic carbocycles. The molecule has 1 saturated heterocycles. The van der Waals surface area contributed by atoms with Crippen molar-refractivity contribution in [2.24, 2.45) is 5.92 Å². The van der Waals surface area contributed by atoms with Gasteiger partial charge in [-0.2, -0.15) is 0 Å². The highest BCUT2D eigenvalue weighted by Crippen LogP contribution is 2.19. The Labute approximate surface area is 82.8 Å². The molecule has 1 fully saturated rings. The molecule has 1 amide bonds. The van der Waals surface area contributed by atoms with Crippen molar-refractivity contribution in [1.82, 2.24) is 5.32 Å². The summed E-state index contributed by atoms with van der Waals surface area (Å²) in [7, 11) is 2.92. The van der Waals surface area contributed by atoms with Gasteiger partial charge < -0.3 is 14.8 Å². The van der Waals surface area contributed by atoms with Gasteiger partial charge in [-0.15, -0.1) is 0 Å². The zero-order valence-corrected chi connectivity index (χ0v) is 8.41. The predicted octanol–water partition coefficient (Wildman–Crippen LogP) is -0.299. The van der Waals surface area contributed by atoms with E-state index in [0.717, 1.165) is 0 Å². The molecule has 5 heteroatoms. The fourth-order valence-corrected chi connectivity index (χ4v) is 1.63. The van der Waals surface area contributed by atoms with E-state index in [9.17, 15) is 9.59 Å². The van der Waals surface area contributed by atoms with Crippen LogP contribution in [0.4, 0.5) is 0 Å². The van der Waals surface area contributed by atoms with Crippen LogP contribution in [0.1, 0.15) is 12.8 Å². The van der Waals surface area contributed by atoms with Crippen LogP contribution < -0.4 is 5.32 Å². The Bertz CT molecular complexity index is 229. The first-order valence-corrected chi connectivity index (χ1v) is 4.52. The molecule has 1 heterocycles. The number of amides is 1. The molecule has 0 unspecified atom stereocenters. The molecule has 0 aromatic rings. The molecule has 1 N–H and O–H groups in total. The number of methoxy groups -OCH3 is 2. The number of rotatable bonds is 4. The molecule has 1 rings (SSSR count). The monoisotopic (exact) mass is 201 g/mol. The van der Waals surface area contributed by atoms with Crippen molar-refractivity contribution in [1.29, 1.82) is 0 Å². The maximum absolute atomic E-state index is 11.1. The molecule has 1 aliphatic rings. The summed E-state index contributed by atoms with van der Waals surface area (Å²) in [5.41, 5.74) is 0. The summed E-state index contributed by atoms with van der Waals surface area (Å²) in [6.45, 7) is 0.487. The number of hydrogen-bond acceptors (Lipinski definition) is 4. The van der Waals surface area contributed by atoms with Crippen molar-refractivity contribution < 1.29 is 19.1 Å². The number of esters is 1. The van der Waals surface area contributed by atoms with Gasteiger partial charge in [-0.05, 0) is 0 Å². The third-order valence-corrected chi connectivity index (χ3v) is 2.36. The summed E-state index contributed by atoms with van der Waals surface area (Å²) in [4.78, 5) is 22.1. The SMILES string of the molecule is COC[C@H]1CC(=O)N[C@H]1CC(=O)OC. The van der Waals surface area contributed by atoms with Crippen molar-refractivity contribution in [2.75, 3.05) is 20.8 Å². The van der Waals surface area contributed by atoms with E-state index in [4.69, 9.17) is 4.74 Å². The van der Waals surface area contributed by atoms with E-state index in [1.807, 2.05) is 0 Å². The van der Waals surface area contributed by atoms with Gasteiger partial charge in [0.2, 0.25) is 5.91 Å². The van der Waals surface area contributed by atoms with Gasteiger partial charge >= 0.3 is 5.97 Å². The standard InChI is InChI=1S/C9H15NO4/c1-13-5-6-3-8(11)10-7(6)4-9(12)14-2/h6-7H,3-5H2,1-2H3,(H,10,11)/t6-,7+/m1/s1. The third kappa shape index (κ3) is 2.70. The van der Waals surface area contributed by atoms with Crippen molar-refractivity contribution in [3.8, 4) is 0 Å². The molecule has 0 radical (unpaired) electrons. The van der Waals surface area contributed by atoms with Crippen LogP contribution in [0.15, 0.2) is 0 Å². The highest BCUT2D eigenvalue weighted by molar-refractivity contribution is 5.80. The molecule has 2 atom stereocenters. The minimum absolute atomic E-state index is 0.0269. The van der Waals surface area contributed by atoms with E-state index >= 15 is 0 Å². The van der Waals surface area contributed by atoms with Crippen LogP contribution in [0.5, 0.6) is 0 Å². The lowest BCUT2D eigenvalue weighted by Crippen LogP contribution is -2.33. The molecule has 0 spiro atoms. The fraction of sp³-hybridized carbons (Fsp3) is 0.778. The maximum Gasteiger partial charge on any atom is 0.307 e. The highest BCUT2D eigenvalue weighted by Gasteiger charge is 2.33. The Morgan fingerprint density at radius 1 is 1.57 bits per heavy atom. The highest BCUT2D eigenvalue weighted by atomic mass is 16.5. The van der Waals surface area contributed by atoms with Crippen LogP contribution in [-0.2, 0) is 19.1 Å². The summed E-state index contributed by atoms with van der Waals surface area (Å²) in [6.07, 6.45) is 0.645. The van der Waals surface area contributed by atoms with Gasteiger partial charge in [0.25, 0.3) is 0 Å². The quantitative estimate of drug-likeness (QED) is 0.634. The van der Waals surface area contributed by atoms with Gasteiger partial charge in [0.1, 0.15) is 0 Å². The normalized spacial score (nSPS) is 26.0. The molecule has 0 saturated carbocycles. The fourth-order valence-electron chi connectivity index (χ4n) is 1.63. The molecule has 80 valence electrons. The van der Waals surface area contributed by atoms with E-state index < -0.39 is 0 Å². The van der Waals surface area contributed by atoms with Crippen LogP contribution in [0.25, 0.3) is 0 Å². The van der Waals surface area contributed by atoms with Gasteiger partial charge in [0, 0.05) is 25.5 Å². The van der Waals surface area contributed by atoms with Gasteiger partial charge in [0.15, 0.2) is 0 Å². The van der Waals surface area contributed by atoms with Crippen molar-refractivity contribution in [3.63, 3.8) is 0 Å². The van der Waals surface area contributed by atoms with E-state index in [-0.39, 0.29) is 30.3 Å². The minimum Gasteiger partial charge on any atom is -0.469 e. The van der Waals surface area contributed by atoms with Crippen LogP contribution in [0, 0.1) is 5.92 Å². The topological polar surface area (TPSA) is 64.6 Å². The average Bonchev–Trinajstić information content (AvgIpc) is 2.47. The molecule has 1 aliphatic heterocycles. The molecule has 0 aromatic heterocycles. The van der Waals surface area contributed by atoms with E-state index in [1.54, 1.807) is 7.11 Å². The average molecular weight is 201 g/mol. The molecule has 0 aromatic carbocycles. The van der Waals surface area contributed by atoms with Gasteiger partial charge in [-0.25, -0.2) is 0 Å². The van der Waals surface area contributed by atoms with Gasteiger partial charge in [-0.1, -0.05) is 0 Å². The summed E-state index contributed by atoms with van der Waals surface area (Å²) in [5.74, 6) is -0.258. The molecular weight excluding hydrogens is 186 g/mol. The zero-order chi connectivity index (χ0) is 10.6. The first-order valence-electron chi connectivity index (χ1n) is 4.52. The van der Waals surface area contributed by atoms with Gasteiger partial charge in [-0.3, -0.25) is 9.59 Å². The van der Waals surface area contributed by atoms with E-state index in [0.29, 0.717) is 13.0 Å². The summed E-state index contributed by atoms with van der Waals surface area (Å²) >= 11 is 0. The Kier molecular flexibility index (Phi) is 3.88. The van der Waals surface area contributed by atoms with Gasteiger partial charge in [0.05, 0.1) is 20.1 Å². The second-order valence-electron chi connectivity index (χ2n) is 3.37. The number of hydrogen-bond donors (Lipinski definition) is 1. The number of nitrogens with one attached hydrogen (secondary N) is 1. The Morgan fingerprint density at radius 2 is 2.29 bits per heavy atom. The number of carbonyl (C=O) groups is 2. The zero-order valence-electron chi connectivity index (χ0n) is 8.41. The smallest absolute Gasteiger partial charge is 0.307 e. The predicted molar refractivity (Wildman–Crippen MR) is 48.5 cm³/mol. The number of ether oxygens (including phenoxy) is 2.